The molecule has 6 nitrogen and oxygen atoms in total. The Labute approximate surface area is 165 Å². The molecule has 28 heavy (non-hydrogen) atoms. The lowest BCUT2D eigenvalue weighted by atomic mass is 10.1. The van der Waals surface area contributed by atoms with Gasteiger partial charge in [-0.1, -0.05) is 29.8 Å². The van der Waals surface area contributed by atoms with Crippen LogP contribution in [0.5, 0.6) is 11.5 Å². The molecule has 0 saturated carbocycles. The fourth-order valence-corrected chi connectivity index (χ4v) is 3.23. The number of rotatable bonds is 5. The fourth-order valence-electron chi connectivity index (χ4n) is 3.23. The molecule has 1 saturated heterocycles. The summed E-state index contributed by atoms with van der Waals surface area (Å²) in [7, 11) is 1.56. The van der Waals surface area contributed by atoms with Crippen molar-refractivity contribution in [3.63, 3.8) is 0 Å². The van der Waals surface area contributed by atoms with Crippen molar-refractivity contribution in [1.29, 1.82) is 0 Å². The van der Waals surface area contributed by atoms with Gasteiger partial charge in [0.15, 0.2) is 6.61 Å². The number of hydrogen-bond donors (Lipinski definition) is 0. The van der Waals surface area contributed by atoms with Crippen molar-refractivity contribution < 1.29 is 19.1 Å². The third-order valence-corrected chi connectivity index (χ3v) is 4.86. The number of aryl methyl sites for hydroxylation is 1. The Morgan fingerprint density at radius 2 is 1.61 bits per heavy atom. The molecule has 6 heteroatoms. The highest BCUT2D eigenvalue weighted by molar-refractivity contribution is 5.97. The van der Waals surface area contributed by atoms with E-state index < -0.39 is 0 Å². The van der Waals surface area contributed by atoms with Gasteiger partial charge in [-0.15, -0.1) is 0 Å². The molecule has 0 aliphatic carbocycles. The van der Waals surface area contributed by atoms with Gasteiger partial charge < -0.3 is 19.3 Å². The summed E-state index contributed by atoms with van der Waals surface area (Å²) in [6.07, 6.45) is 0.733. The van der Waals surface area contributed by atoms with Crippen molar-refractivity contribution in [2.45, 2.75) is 13.3 Å². The van der Waals surface area contributed by atoms with Gasteiger partial charge in [0.05, 0.1) is 12.7 Å². The number of benzene rings is 2. The molecule has 1 aliphatic heterocycles. The van der Waals surface area contributed by atoms with Crippen LogP contribution in [0.4, 0.5) is 0 Å². The normalized spacial score (nSPS) is 14.4. The topological polar surface area (TPSA) is 59.1 Å². The minimum absolute atomic E-state index is 0.00349. The largest absolute Gasteiger partial charge is 0.496 e. The SMILES string of the molecule is COc1ccccc1C(=O)N1CCCN(C(=O)COc2ccc(C)cc2)CC1. The summed E-state index contributed by atoms with van der Waals surface area (Å²) in [6.45, 7) is 4.23. The van der Waals surface area contributed by atoms with E-state index in [0.29, 0.717) is 43.2 Å². The summed E-state index contributed by atoms with van der Waals surface area (Å²) >= 11 is 0. The monoisotopic (exact) mass is 382 g/mol. The zero-order valence-corrected chi connectivity index (χ0v) is 16.4. The Balaban J connectivity index is 1.56. The minimum atomic E-state index is -0.0670. The molecule has 0 bridgehead atoms. The van der Waals surface area contributed by atoms with E-state index in [1.807, 2.05) is 43.3 Å². The first-order chi connectivity index (χ1) is 13.6. The van der Waals surface area contributed by atoms with E-state index in [1.54, 1.807) is 29.0 Å². The number of hydrogen-bond acceptors (Lipinski definition) is 4. The van der Waals surface area contributed by atoms with E-state index in [4.69, 9.17) is 9.47 Å². The molecule has 1 aliphatic rings. The van der Waals surface area contributed by atoms with E-state index in [9.17, 15) is 9.59 Å². The Morgan fingerprint density at radius 1 is 0.929 bits per heavy atom. The minimum Gasteiger partial charge on any atom is -0.496 e. The zero-order chi connectivity index (χ0) is 19.9. The number of methoxy groups -OCH3 is 1. The summed E-state index contributed by atoms with van der Waals surface area (Å²) in [4.78, 5) is 28.9. The van der Waals surface area contributed by atoms with Crippen LogP contribution in [0.25, 0.3) is 0 Å². The standard InChI is InChI=1S/C22H26N2O4/c1-17-8-10-18(11-9-17)28-16-21(25)23-12-5-13-24(15-14-23)22(26)19-6-3-4-7-20(19)27-2/h3-4,6-11H,5,12-16H2,1-2H3. The summed E-state index contributed by atoms with van der Waals surface area (Å²) < 4.78 is 10.9. The predicted octanol–water partition coefficient (Wildman–Crippen LogP) is 2.76. The van der Waals surface area contributed by atoms with Crippen LogP contribution in [0.15, 0.2) is 48.5 Å². The zero-order valence-electron chi connectivity index (χ0n) is 16.4. The summed E-state index contributed by atoms with van der Waals surface area (Å²) in [6, 6.07) is 14.8. The fraction of sp³-hybridized carbons (Fsp3) is 0.364. The molecular formula is C22H26N2O4. The first-order valence-corrected chi connectivity index (χ1v) is 9.48. The highest BCUT2D eigenvalue weighted by Gasteiger charge is 2.24. The van der Waals surface area contributed by atoms with E-state index in [0.717, 1.165) is 12.0 Å². The number of carbonyl (C=O) groups is 2. The quantitative estimate of drug-likeness (QED) is 0.798. The summed E-state index contributed by atoms with van der Waals surface area (Å²) in [5, 5.41) is 0. The van der Waals surface area contributed by atoms with Gasteiger partial charge in [-0.25, -0.2) is 0 Å². The summed E-state index contributed by atoms with van der Waals surface area (Å²) in [5.41, 5.74) is 1.69. The van der Waals surface area contributed by atoms with Crippen molar-refractivity contribution in [2.24, 2.45) is 0 Å². The van der Waals surface area contributed by atoms with E-state index >= 15 is 0 Å². The molecule has 0 atom stereocenters. The molecule has 0 radical (unpaired) electrons. The van der Waals surface area contributed by atoms with E-state index in [-0.39, 0.29) is 18.4 Å². The molecule has 2 amide bonds. The second-order valence-electron chi connectivity index (χ2n) is 6.83. The molecule has 1 fully saturated rings. The Bertz CT molecular complexity index is 820. The maximum atomic E-state index is 12.9. The van der Waals surface area contributed by atoms with Crippen molar-refractivity contribution in [1.82, 2.24) is 9.80 Å². The van der Waals surface area contributed by atoms with Crippen molar-refractivity contribution >= 4 is 11.8 Å². The molecule has 2 aromatic carbocycles. The van der Waals surface area contributed by atoms with Gasteiger partial charge in [0.2, 0.25) is 0 Å². The molecule has 0 aromatic heterocycles. The average Bonchev–Trinajstić information content (AvgIpc) is 2.99. The van der Waals surface area contributed by atoms with Crippen LogP contribution in [0.2, 0.25) is 0 Å². The van der Waals surface area contributed by atoms with Crippen molar-refractivity contribution in [2.75, 3.05) is 39.9 Å². The lowest BCUT2D eigenvalue weighted by Gasteiger charge is -2.23. The molecular weight excluding hydrogens is 356 g/mol. The number of amides is 2. The lowest BCUT2D eigenvalue weighted by Crippen LogP contribution is -2.39. The van der Waals surface area contributed by atoms with Crippen LogP contribution in [-0.4, -0.2) is 61.5 Å². The Hall–Kier alpha value is -3.02. The second-order valence-corrected chi connectivity index (χ2v) is 6.83. The highest BCUT2D eigenvalue weighted by Crippen LogP contribution is 2.20. The van der Waals surface area contributed by atoms with Crippen LogP contribution in [0.1, 0.15) is 22.3 Å². The highest BCUT2D eigenvalue weighted by atomic mass is 16.5. The third kappa shape index (κ3) is 4.82. The van der Waals surface area contributed by atoms with Gasteiger partial charge >= 0.3 is 0 Å². The van der Waals surface area contributed by atoms with Gasteiger partial charge in [-0.3, -0.25) is 9.59 Å². The molecule has 1 heterocycles. The third-order valence-electron chi connectivity index (χ3n) is 4.86. The van der Waals surface area contributed by atoms with Crippen molar-refractivity contribution in [3.05, 3.63) is 59.7 Å². The van der Waals surface area contributed by atoms with Gasteiger partial charge in [0.25, 0.3) is 11.8 Å². The lowest BCUT2D eigenvalue weighted by molar-refractivity contribution is -0.133. The predicted molar refractivity (Wildman–Crippen MR) is 107 cm³/mol. The molecule has 3 rings (SSSR count). The maximum absolute atomic E-state index is 12.9. The number of para-hydroxylation sites is 1. The number of nitrogens with zero attached hydrogens (tertiary/aromatic N) is 2. The van der Waals surface area contributed by atoms with Crippen LogP contribution in [0, 0.1) is 6.92 Å². The van der Waals surface area contributed by atoms with Crippen molar-refractivity contribution in [3.8, 4) is 11.5 Å². The van der Waals surface area contributed by atoms with Crippen LogP contribution >= 0.6 is 0 Å². The van der Waals surface area contributed by atoms with Gasteiger partial charge in [-0.05, 0) is 37.6 Å². The Morgan fingerprint density at radius 3 is 2.36 bits per heavy atom. The van der Waals surface area contributed by atoms with Crippen LogP contribution in [-0.2, 0) is 4.79 Å². The first kappa shape index (κ1) is 19.7. The van der Waals surface area contributed by atoms with E-state index in [2.05, 4.69) is 0 Å². The number of ether oxygens (including phenoxy) is 2. The Kier molecular flexibility index (Phi) is 6.53. The molecule has 0 spiro atoms. The van der Waals surface area contributed by atoms with E-state index in [1.165, 1.54) is 0 Å². The summed E-state index contributed by atoms with van der Waals surface area (Å²) in [5.74, 6) is 1.12. The second kappa shape index (κ2) is 9.26. The van der Waals surface area contributed by atoms with Crippen LogP contribution < -0.4 is 9.47 Å². The van der Waals surface area contributed by atoms with Gasteiger partial charge in [-0.2, -0.15) is 0 Å². The molecule has 148 valence electrons. The number of carbonyl (C=O) groups excluding carboxylic acids is 2. The molecule has 2 aromatic rings. The average molecular weight is 382 g/mol. The molecule has 0 unspecified atom stereocenters. The smallest absolute Gasteiger partial charge is 0.260 e. The molecule has 0 N–H and O–H groups in total. The first-order valence-electron chi connectivity index (χ1n) is 9.48. The van der Waals surface area contributed by atoms with Gasteiger partial charge in [0, 0.05) is 26.2 Å². The van der Waals surface area contributed by atoms with Crippen LogP contribution in [0.3, 0.4) is 0 Å². The maximum Gasteiger partial charge on any atom is 0.260 e. The van der Waals surface area contributed by atoms with Gasteiger partial charge in [0.1, 0.15) is 11.5 Å².